The highest BCUT2D eigenvalue weighted by Crippen LogP contribution is 2.47. The van der Waals surface area contributed by atoms with E-state index in [1.165, 1.54) is 11.3 Å². The predicted octanol–water partition coefficient (Wildman–Crippen LogP) is 3.53. The van der Waals surface area contributed by atoms with Crippen LogP contribution in [0.3, 0.4) is 0 Å². The van der Waals surface area contributed by atoms with Gasteiger partial charge in [-0.05, 0) is 19.3 Å². The molecule has 104 valence electrons. The van der Waals surface area contributed by atoms with E-state index in [1.54, 1.807) is 7.11 Å². The molecule has 0 bridgehead atoms. The van der Waals surface area contributed by atoms with Gasteiger partial charge in [0.25, 0.3) is 0 Å². The van der Waals surface area contributed by atoms with Crippen molar-refractivity contribution in [3.05, 3.63) is 40.2 Å². The smallest absolute Gasteiger partial charge is 0.348 e. The molecule has 5 heteroatoms. The minimum atomic E-state index is -0.932. The van der Waals surface area contributed by atoms with Crippen molar-refractivity contribution < 1.29 is 14.6 Å². The van der Waals surface area contributed by atoms with E-state index in [0.29, 0.717) is 5.69 Å². The first-order valence-corrected chi connectivity index (χ1v) is 7.33. The second-order valence-corrected chi connectivity index (χ2v) is 5.92. The van der Waals surface area contributed by atoms with E-state index in [-0.39, 0.29) is 10.5 Å². The molecule has 0 unspecified atom stereocenters. The van der Waals surface area contributed by atoms with Crippen molar-refractivity contribution >= 4 is 17.3 Å². The summed E-state index contributed by atoms with van der Waals surface area (Å²) in [7, 11) is 1.67. The highest BCUT2D eigenvalue weighted by molar-refractivity contribution is 7.14. The number of hydrogen-bond acceptors (Lipinski definition) is 4. The van der Waals surface area contributed by atoms with Gasteiger partial charge < -0.3 is 9.84 Å². The Labute approximate surface area is 121 Å². The zero-order valence-electron chi connectivity index (χ0n) is 11.1. The van der Waals surface area contributed by atoms with Gasteiger partial charge in [0.2, 0.25) is 0 Å². The number of nitrogens with zero attached hydrogens (tertiary/aromatic N) is 1. The van der Waals surface area contributed by atoms with Gasteiger partial charge in [0, 0.05) is 12.7 Å². The molecule has 0 saturated heterocycles. The van der Waals surface area contributed by atoms with Crippen LogP contribution in [0.4, 0.5) is 0 Å². The number of aromatic carboxylic acids is 1. The molecule has 1 aliphatic carbocycles. The lowest BCUT2D eigenvalue weighted by atomic mass is 9.80. The first-order valence-electron chi connectivity index (χ1n) is 6.51. The number of hydrogen-bond donors (Lipinski definition) is 1. The van der Waals surface area contributed by atoms with Crippen molar-refractivity contribution in [2.24, 2.45) is 0 Å². The molecule has 0 atom stereocenters. The van der Waals surface area contributed by atoms with Crippen molar-refractivity contribution in [2.45, 2.75) is 24.9 Å². The fourth-order valence-corrected chi connectivity index (χ4v) is 3.61. The summed E-state index contributed by atoms with van der Waals surface area (Å²) in [6.07, 6.45) is 2.91. The van der Waals surface area contributed by atoms with Gasteiger partial charge in [-0.1, -0.05) is 30.3 Å². The third-order valence-corrected chi connectivity index (χ3v) is 5.04. The lowest BCUT2D eigenvalue weighted by molar-refractivity contribution is -0.0778. The molecule has 1 saturated carbocycles. The number of carboxylic acid groups (broad SMARTS) is 1. The van der Waals surface area contributed by atoms with Crippen molar-refractivity contribution in [3.8, 4) is 11.3 Å². The van der Waals surface area contributed by atoms with Crippen LogP contribution in [0.5, 0.6) is 0 Å². The third kappa shape index (κ3) is 2.03. The van der Waals surface area contributed by atoms with Gasteiger partial charge in [0.05, 0.1) is 5.69 Å². The van der Waals surface area contributed by atoms with E-state index >= 15 is 0 Å². The molecule has 0 aliphatic heterocycles. The van der Waals surface area contributed by atoms with Gasteiger partial charge in [0.15, 0.2) is 0 Å². The van der Waals surface area contributed by atoms with Crippen molar-refractivity contribution in [3.63, 3.8) is 0 Å². The lowest BCUT2D eigenvalue weighted by Crippen LogP contribution is -2.35. The maximum Gasteiger partial charge on any atom is 0.348 e. The van der Waals surface area contributed by atoms with Crippen LogP contribution in [0.25, 0.3) is 11.3 Å². The van der Waals surface area contributed by atoms with E-state index < -0.39 is 5.97 Å². The molecule has 1 aliphatic rings. The molecule has 0 spiro atoms. The molecule has 4 nitrogen and oxygen atoms in total. The number of carboxylic acids is 1. The Morgan fingerprint density at radius 2 is 2.05 bits per heavy atom. The summed E-state index contributed by atoms with van der Waals surface area (Å²) < 4.78 is 5.60. The SMILES string of the molecule is COC1(c2nc(-c3ccccc3)c(C(=O)O)s2)CCC1. The van der Waals surface area contributed by atoms with Crippen LogP contribution in [0, 0.1) is 0 Å². The highest BCUT2D eigenvalue weighted by atomic mass is 32.1. The normalized spacial score (nSPS) is 16.6. The molecule has 20 heavy (non-hydrogen) atoms. The first-order chi connectivity index (χ1) is 9.66. The first kappa shape index (κ1) is 13.3. The van der Waals surface area contributed by atoms with Gasteiger partial charge in [0.1, 0.15) is 15.5 Å². The number of benzene rings is 1. The van der Waals surface area contributed by atoms with Gasteiger partial charge >= 0.3 is 5.97 Å². The maximum absolute atomic E-state index is 11.5. The summed E-state index contributed by atoms with van der Waals surface area (Å²) in [6.45, 7) is 0. The van der Waals surface area contributed by atoms with Gasteiger partial charge in [-0.25, -0.2) is 9.78 Å². The molecule has 1 aromatic carbocycles. The molecular formula is C15H15NO3S. The summed E-state index contributed by atoms with van der Waals surface area (Å²) in [5.41, 5.74) is 1.00. The Kier molecular flexibility index (Phi) is 3.31. The zero-order valence-corrected chi connectivity index (χ0v) is 11.9. The number of carbonyl (C=O) groups is 1. The number of ether oxygens (including phenoxy) is 1. The van der Waals surface area contributed by atoms with Crippen LogP contribution in [0.2, 0.25) is 0 Å². The maximum atomic E-state index is 11.5. The number of methoxy groups -OCH3 is 1. The fourth-order valence-electron chi connectivity index (χ4n) is 2.45. The highest BCUT2D eigenvalue weighted by Gasteiger charge is 2.42. The molecule has 1 fully saturated rings. The third-order valence-electron chi connectivity index (χ3n) is 3.81. The predicted molar refractivity (Wildman–Crippen MR) is 77.0 cm³/mol. The van der Waals surface area contributed by atoms with Crippen LogP contribution in [0.15, 0.2) is 30.3 Å². The Balaban J connectivity index is 2.10. The Hall–Kier alpha value is -1.72. The second kappa shape index (κ2) is 5.00. The van der Waals surface area contributed by atoms with Crippen LogP contribution < -0.4 is 0 Å². The van der Waals surface area contributed by atoms with E-state index in [4.69, 9.17) is 4.74 Å². The van der Waals surface area contributed by atoms with E-state index in [1.807, 2.05) is 30.3 Å². The summed E-state index contributed by atoms with van der Waals surface area (Å²) >= 11 is 1.23. The minimum absolute atomic E-state index is 0.287. The fraction of sp³-hybridized carbons (Fsp3) is 0.333. The van der Waals surface area contributed by atoms with E-state index in [9.17, 15) is 9.90 Å². The molecule has 0 amide bonds. The Bertz CT molecular complexity index is 626. The van der Waals surface area contributed by atoms with Crippen molar-refractivity contribution in [1.82, 2.24) is 4.98 Å². The number of thiazole rings is 1. The Morgan fingerprint density at radius 3 is 2.55 bits per heavy atom. The van der Waals surface area contributed by atoms with Crippen LogP contribution >= 0.6 is 11.3 Å². The topological polar surface area (TPSA) is 59.4 Å². The molecule has 3 rings (SSSR count). The van der Waals surface area contributed by atoms with Crippen LogP contribution in [-0.2, 0) is 10.3 Å². The molecule has 1 heterocycles. The number of rotatable bonds is 4. The standard InChI is InChI=1S/C15H15NO3S/c1-19-15(8-5-9-15)14-16-11(12(20-14)13(17)18)10-6-3-2-4-7-10/h2-4,6-7H,5,8-9H2,1H3,(H,17,18). The van der Waals surface area contributed by atoms with Crippen molar-refractivity contribution in [1.29, 1.82) is 0 Å². The van der Waals surface area contributed by atoms with E-state index in [0.717, 1.165) is 29.8 Å². The van der Waals surface area contributed by atoms with Gasteiger partial charge in [-0.15, -0.1) is 11.3 Å². The summed E-state index contributed by atoms with van der Waals surface area (Å²) in [5, 5.41) is 10.2. The second-order valence-electron chi connectivity index (χ2n) is 4.92. The quantitative estimate of drug-likeness (QED) is 0.935. The van der Waals surface area contributed by atoms with Gasteiger partial charge in [-0.3, -0.25) is 0 Å². The zero-order chi connectivity index (χ0) is 14.2. The number of aromatic nitrogens is 1. The monoisotopic (exact) mass is 289 g/mol. The van der Waals surface area contributed by atoms with Crippen molar-refractivity contribution in [2.75, 3.05) is 7.11 Å². The largest absolute Gasteiger partial charge is 0.477 e. The summed E-state index contributed by atoms with van der Waals surface area (Å²) in [6, 6.07) is 9.43. The average Bonchev–Trinajstić information content (AvgIpc) is 2.85. The van der Waals surface area contributed by atoms with Gasteiger partial charge in [-0.2, -0.15) is 0 Å². The molecule has 1 N–H and O–H groups in total. The lowest BCUT2D eigenvalue weighted by Gasteiger charge is -2.38. The molecule has 1 aromatic heterocycles. The van der Waals surface area contributed by atoms with Crippen LogP contribution in [0.1, 0.15) is 33.9 Å². The Morgan fingerprint density at radius 1 is 1.35 bits per heavy atom. The van der Waals surface area contributed by atoms with E-state index in [2.05, 4.69) is 4.98 Å². The minimum Gasteiger partial charge on any atom is -0.477 e. The summed E-state index contributed by atoms with van der Waals surface area (Å²) in [4.78, 5) is 16.3. The molecule has 2 aromatic rings. The average molecular weight is 289 g/mol. The molecular weight excluding hydrogens is 274 g/mol. The summed E-state index contributed by atoms with van der Waals surface area (Å²) in [5.74, 6) is -0.932. The molecule has 0 radical (unpaired) electrons. The van der Waals surface area contributed by atoms with Crippen LogP contribution in [-0.4, -0.2) is 23.2 Å².